The molecule has 0 aliphatic heterocycles. The molecular formula is C15H19NO3. The van der Waals surface area contributed by atoms with Crippen LogP contribution in [0.1, 0.15) is 25.5 Å². The van der Waals surface area contributed by atoms with E-state index in [4.69, 9.17) is 9.15 Å². The molecule has 0 saturated heterocycles. The first-order valence-corrected chi connectivity index (χ1v) is 6.67. The van der Waals surface area contributed by atoms with Gasteiger partial charge in [-0.15, -0.1) is 0 Å². The quantitative estimate of drug-likeness (QED) is 0.810. The zero-order chi connectivity index (χ0) is 13.5. The molecule has 1 aromatic heterocycles. The summed E-state index contributed by atoms with van der Waals surface area (Å²) < 4.78 is 10.7. The molecule has 0 fully saturated rings. The Hall–Kier alpha value is -1.97. The fraction of sp³-hybridized carbons (Fsp3) is 0.400. The van der Waals surface area contributed by atoms with Gasteiger partial charge in [0.2, 0.25) is 0 Å². The maximum atomic E-state index is 11.3. The van der Waals surface area contributed by atoms with Gasteiger partial charge in [-0.05, 0) is 18.6 Å². The van der Waals surface area contributed by atoms with Crippen LogP contribution in [0.3, 0.4) is 0 Å². The summed E-state index contributed by atoms with van der Waals surface area (Å²) in [5, 5.41) is 3.80. The van der Waals surface area contributed by atoms with Gasteiger partial charge in [0.05, 0.1) is 6.61 Å². The average molecular weight is 261 g/mol. The molecule has 4 nitrogen and oxygen atoms in total. The lowest BCUT2D eigenvalue weighted by atomic mass is 10.2. The fourth-order valence-corrected chi connectivity index (χ4v) is 1.81. The number of rotatable bonds is 6. The average Bonchev–Trinajstić information content (AvgIpc) is 2.81. The summed E-state index contributed by atoms with van der Waals surface area (Å²) in [4.78, 5) is 11.3. The molecule has 0 aliphatic rings. The molecule has 0 unspecified atom stereocenters. The maximum Gasteiger partial charge on any atom is 0.407 e. The number of carbonyl (C=O) groups is 1. The standard InChI is InChI=1S/C15H19NO3/c1-2-3-10-18-15(17)16-9-8-13-11-12-6-4-5-7-14(12)19-13/h4-7,11H,2-3,8-10H2,1H3,(H,16,17). The molecule has 0 radical (unpaired) electrons. The Morgan fingerprint density at radius 1 is 1.37 bits per heavy atom. The highest BCUT2D eigenvalue weighted by Gasteiger charge is 2.04. The van der Waals surface area contributed by atoms with Crippen LogP contribution in [0, 0.1) is 0 Å². The number of benzene rings is 1. The normalized spacial score (nSPS) is 10.6. The molecule has 0 spiro atoms. The first kappa shape index (κ1) is 13.5. The zero-order valence-corrected chi connectivity index (χ0v) is 11.1. The largest absolute Gasteiger partial charge is 0.461 e. The third-order valence-corrected chi connectivity index (χ3v) is 2.85. The second-order valence-electron chi connectivity index (χ2n) is 4.42. The summed E-state index contributed by atoms with van der Waals surface area (Å²) in [5.41, 5.74) is 0.878. The van der Waals surface area contributed by atoms with Gasteiger partial charge in [-0.3, -0.25) is 0 Å². The van der Waals surface area contributed by atoms with Crippen molar-refractivity contribution in [2.24, 2.45) is 0 Å². The summed E-state index contributed by atoms with van der Waals surface area (Å²) in [6, 6.07) is 9.86. The predicted octanol–water partition coefficient (Wildman–Crippen LogP) is 3.50. The van der Waals surface area contributed by atoms with E-state index in [1.54, 1.807) is 0 Å². The number of hydrogen-bond donors (Lipinski definition) is 1. The number of alkyl carbamates (subject to hydrolysis) is 1. The van der Waals surface area contributed by atoms with Crippen molar-refractivity contribution in [1.29, 1.82) is 0 Å². The Kier molecular flexibility index (Phi) is 4.84. The molecule has 0 saturated carbocycles. The third-order valence-electron chi connectivity index (χ3n) is 2.85. The summed E-state index contributed by atoms with van der Waals surface area (Å²) in [6.45, 7) is 3.06. The predicted molar refractivity (Wildman–Crippen MR) is 74.2 cm³/mol. The highest BCUT2D eigenvalue weighted by atomic mass is 16.5. The molecule has 102 valence electrons. The number of fused-ring (bicyclic) bond motifs is 1. The van der Waals surface area contributed by atoms with Crippen molar-refractivity contribution < 1.29 is 13.9 Å². The fourth-order valence-electron chi connectivity index (χ4n) is 1.81. The number of furan rings is 1. The van der Waals surface area contributed by atoms with Crippen molar-refractivity contribution in [3.63, 3.8) is 0 Å². The van der Waals surface area contributed by atoms with Crippen molar-refractivity contribution >= 4 is 17.1 Å². The SMILES string of the molecule is CCCCOC(=O)NCCc1cc2ccccc2o1. The van der Waals surface area contributed by atoms with Crippen molar-refractivity contribution in [3.8, 4) is 0 Å². The van der Waals surface area contributed by atoms with Gasteiger partial charge in [0.25, 0.3) is 0 Å². The summed E-state index contributed by atoms with van der Waals surface area (Å²) in [5.74, 6) is 0.870. The lowest BCUT2D eigenvalue weighted by molar-refractivity contribution is 0.144. The molecule has 2 aromatic rings. The van der Waals surface area contributed by atoms with E-state index in [2.05, 4.69) is 12.2 Å². The third kappa shape index (κ3) is 4.02. The van der Waals surface area contributed by atoms with Crippen LogP contribution in [0.25, 0.3) is 11.0 Å². The van der Waals surface area contributed by atoms with Gasteiger partial charge in [-0.25, -0.2) is 4.79 Å². The molecule has 19 heavy (non-hydrogen) atoms. The van der Waals surface area contributed by atoms with E-state index in [0.717, 1.165) is 29.6 Å². The van der Waals surface area contributed by atoms with E-state index in [9.17, 15) is 4.79 Å². The first-order valence-electron chi connectivity index (χ1n) is 6.67. The van der Waals surface area contributed by atoms with Crippen molar-refractivity contribution in [2.45, 2.75) is 26.2 Å². The number of para-hydroxylation sites is 1. The van der Waals surface area contributed by atoms with E-state index in [1.165, 1.54) is 0 Å². The summed E-state index contributed by atoms with van der Waals surface area (Å²) in [7, 11) is 0. The number of amides is 1. The Balaban J connectivity index is 1.74. The number of hydrogen-bond acceptors (Lipinski definition) is 3. The lowest BCUT2D eigenvalue weighted by Crippen LogP contribution is -2.26. The Bertz CT molecular complexity index is 500. The van der Waals surface area contributed by atoms with Crippen molar-refractivity contribution in [2.75, 3.05) is 13.2 Å². The molecule has 1 heterocycles. The van der Waals surface area contributed by atoms with Crippen molar-refractivity contribution in [3.05, 3.63) is 36.1 Å². The van der Waals surface area contributed by atoms with Gasteiger partial charge in [-0.2, -0.15) is 0 Å². The molecule has 1 amide bonds. The molecular weight excluding hydrogens is 242 g/mol. The molecule has 4 heteroatoms. The van der Waals surface area contributed by atoms with Crippen LogP contribution in [0.5, 0.6) is 0 Å². The van der Waals surface area contributed by atoms with E-state index >= 15 is 0 Å². The van der Waals surface area contributed by atoms with Gasteiger partial charge in [0.15, 0.2) is 0 Å². The second-order valence-corrected chi connectivity index (χ2v) is 4.42. The minimum absolute atomic E-state index is 0.357. The Labute approximate surface area is 112 Å². The minimum Gasteiger partial charge on any atom is -0.461 e. The molecule has 0 atom stereocenters. The van der Waals surface area contributed by atoms with Crippen LogP contribution in [-0.4, -0.2) is 19.2 Å². The number of carbonyl (C=O) groups excluding carboxylic acids is 1. The van der Waals surface area contributed by atoms with Gasteiger partial charge < -0.3 is 14.5 Å². The van der Waals surface area contributed by atoms with Crippen LogP contribution in [0.2, 0.25) is 0 Å². The van der Waals surface area contributed by atoms with Gasteiger partial charge in [0.1, 0.15) is 11.3 Å². The molecule has 1 N–H and O–H groups in total. The lowest BCUT2D eigenvalue weighted by Gasteiger charge is -2.05. The van der Waals surface area contributed by atoms with Crippen molar-refractivity contribution in [1.82, 2.24) is 5.32 Å². The molecule has 0 bridgehead atoms. The van der Waals surface area contributed by atoms with Crippen LogP contribution >= 0.6 is 0 Å². The van der Waals surface area contributed by atoms with Gasteiger partial charge in [0, 0.05) is 18.4 Å². The molecule has 1 aromatic carbocycles. The monoisotopic (exact) mass is 261 g/mol. The summed E-state index contributed by atoms with van der Waals surface area (Å²) >= 11 is 0. The van der Waals surface area contributed by atoms with E-state index in [1.807, 2.05) is 30.3 Å². The minimum atomic E-state index is -0.357. The van der Waals surface area contributed by atoms with Crippen LogP contribution < -0.4 is 5.32 Å². The highest BCUT2D eigenvalue weighted by Crippen LogP contribution is 2.18. The second kappa shape index (κ2) is 6.83. The zero-order valence-electron chi connectivity index (χ0n) is 11.1. The van der Waals surface area contributed by atoms with Gasteiger partial charge in [-0.1, -0.05) is 31.5 Å². The van der Waals surface area contributed by atoms with E-state index < -0.39 is 0 Å². The topological polar surface area (TPSA) is 51.5 Å². The molecule has 2 rings (SSSR count). The maximum absolute atomic E-state index is 11.3. The van der Waals surface area contributed by atoms with E-state index in [0.29, 0.717) is 19.6 Å². The van der Waals surface area contributed by atoms with Crippen LogP contribution in [0.4, 0.5) is 4.79 Å². The van der Waals surface area contributed by atoms with E-state index in [-0.39, 0.29) is 6.09 Å². The first-order chi connectivity index (χ1) is 9.29. The smallest absolute Gasteiger partial charge is 0.407 e. The Morgan fingerprint density at radius 2 is 2.21 bits per heavy atom. The summed E-state index contributed by atoms with van der Waals surface area (Å²) in [6.07, 6.45) is 2.23. The van der Waals surface area contributed by atoms with Gasteiger partial charge >= 0.3 is 6.09 Å². The highest BCUT2D eigenvalue weighted by molar-refractivity contribution is 5.77. The van der Waals surface area contributed by atoms with Crippen LogP contribution in [0.15, 0.2) is 34.7 Å². The Morgan fingerprint density at radius 3 is 3.00 bits per heavy atom. The van der Waals surface area contributed by atoms with Crippen LogP contribution in [-0.2, 0) is 11.2 Å². The number of unbranched alkanes of at least 4 members (excludes halogenated alkanes) is 1. The molecule has 0 aliphatic carbocycles. The number of ether oxygens (including phenoxy) is 1. The number of nitrogens with one attached hydrogen (secondary N) is 1.